The molecule has 0 aromatic heterocycles. The number of rotatable bonds is 5. The van der Waals surface area contributed by atoms with Gasteiger partial charge in [-0.15, -0.1) is 0 Å². The number of nitrogens with zero attached hydrogens (tertiary/aromatic N) is 2. The van der Waals surface area contributed by atoms with Gasteiger partial charge in [0.25, 0.3) is 5.91 Å². The molecule has 2 aliphatic heterocycles. The van der Waals surface area contributed by atoms with Crippen molar-refractivity contribution in [2.75, 3.05) is 32.7 Å². The van der Waals surface area contributed by atoms with E-state index < -0.39 is 6.10 Å². The van der Waals surface area contributed by atoms with Crippen LogP contribution in [0.25, 0.3) is 0 Å². The minimum Gasteiger partial charge on any atom is -0.481 e. The zero-order valence-electron chi connectivity index (χ0n) is 17.5. The van der Waals surface area contributed by atoms with Crippen molar-refractivity contribution in [1.82, 2.24) is 15.1 Å². The summed E-state index contributed by atoms with van der Waals surface area (Å²) in [7, 11) is 0. The molecule has 1 N–H and O–H groups in total. The third kappa shape index (κ3) is 4.66. The van der Waals surface area contributed by atoms with Crippen LogP contribution in [0.5, 0.6) is 5.75 Å². The second-order valence-electron chi connectivity index (χ2n) is 8.28. The van der Waals surface area contributed by atoms with E-state index in [-0.39, 0.29) is 17.9 Å². The molecule has 6 heteroatoms. The molecule has 2 unspecified atom stereocenters. The largest absolute Gasteiger partial charge is 0.481 e. The number of hydrogen-bond donors (Lipinski definition) is 1. The predicted octanol–water partition coefficient (Wildman–Crippen LogP) is 2.31. The van der Waals surface area contributed by atoms with Gasteiger partial charge in [0, 0.05) is 32.2 Å². The number of benzene rings is 1. The normalized spacial score (nSPS) is 21.8. The molecule has 2 amide bonds. The molecule has 0 bridgehead atoms. The molecule has 154 valence electrons. The van der Waals surface area contributed by atoms with Crippen molar-refractivity contribution in [3.8, 4) is 5.75 Å². The lowest BCUT2D eigenvalue weighted by molar-refractivity contribution is -0.144. The first kappa shape index (κ1) is 20.6. The van der Waals surface area contributed by atoms with Crippen molar-refractivity contribution in [2.45, 2.75) is 58.6 Å². The SMILES string of the molecule is Cc1ccc(C(C)C)cc1OC(C)C(=O)N1CCCC(N2CCNCC2=O)C1. The highest BCUT2D eigenvalue weighted by atomic mass is 16.5. The van der Waals surface area contributed by atoms with E-state index in [4.69, 9.17) is 4.74 Å². The van der Waals surface area contributed by atoms with Crippen LogP contribution in [0.15, 0.2) is 18.2 Å². The lowest BCUT2D eigenvalue weighted by Gasteiger charge is -2.41. The first-order valence-electron chi connectivity index (χ1n) is 10.4. The van der Waals surface area contributed by atoms with Gasteiger partial charge in [-0.25, -0.2) is 0 Å². The minimum atomic E-state index is -0.543. The van der Waals surface area contributed by atoms with Crippen molar-refractivity contribution in [2.24, 2.45) is 0 Å². The van der Waals surface area contributed by atoms with Crippen LogP contribution in [0.3, 0.4) is 0 Å². The van der Waals surface area contributed by atoms with Crippen LogP contribution in [0.2, 0.25) is 0 Å². The monoisotopic (exact) mass is 387 g/mol. The third-order valence-electron chi connectivity index (χ3n) is 5.81. The Morgan fingerprint density at radius 1 is 1.25 bits per heavy atom. The molecule has 6 nitrogen and oxygen atoms in total. The van der Waals surface area contributed by atoms with Crippen LogP contribution in [0, 0.1) is 6.92 Å². The molecule has 3 rings (SSSR count). The molecule has 2 saturated heterocycles. The summed E-state index contributed by atoms with van der Waals surface area (Å²) in [5.41, 5.74) is 2.24. The van der Waals surface area contributed by atoms with Crippen molar-refractivity contribution in [3.63, 3.8) is 0 Å². The Balaban J connectivity index is 1.64. The van der Waals surface area contributed by atoms with Crippen LogP contribution in [0.1, 0.15) is 50.7 Å². The number of piperazine rings is 1. The maximum Gasteiger partial charge on any atom is 0.263 e. The second kappa shape index (κ2) is 8.95. The summed E-state index contributed by atoms with van der Waals surface area (Å²) in [5, 5.41) is 3.11. The Morgan fingerprint density at radius 2 is 2.04 bits per heavy atom. The number of amides is 2. The molecule has 2 fully saturated rings. The zero-order chi connectivity index (χ0) is 20.3. The van der Waals surface area contributed by atoms with Gasteiger partial charge in [-0.3, -0.25) is 9.59 Å². The molecule has 2 heterocycles. The maximum absolute atomic E-state index is 13.0. The molecule has 0 radical (unpaired) electrons. The summed E-state index contributed by atoms with van der Waals surface area (Å²) >= 11 is 0. The van der Waals surface area contributed by atoms with Crippen molar-refractivity contribution < 1.29 is 14.3 Å². The second-order valence-corrected chi connectivity index (χ2v) is 8.28. The molecule has 1 aromatic carbocycles. The lowest BCUT2D eigenvalue weighted by atomic mass is 10.0. The highest BCUT2D eigenvalue weighted by Gasteiger charge is 2.33. The van der Waals surface area contributed by atoms with E-state index in [1.54, 1.807) is 0 Å². The maximum atomic E-state index is 13.0. The van der Waals surface area contributed by atoms with Crippen molar-refractivity contribution in [1.29, 1.82) is 0 Å². The number of carbonyl (C=O) groups is 2. The van der Waals surface area contributed by atoms with Gasteiger partial charge in [-0.2, -0.15) is 0 Å². The summed E-state index contributed by atoms with van der Waals surface area (Å²) in [6, 6.07) is 6.32. The summed E-state index contributed by atoms with van der Waals surface area (Å²) in [4.78, 5) is 29.0. The van der Waals surface area contributed by atoms with Crippen LogP contribution in [0.4, 0.5) is 0 Å². The van der Waals surface area contributed by atoms with Gasteiger partial charge >= 0.3 is 0 Å². The summed E-state index contributed by atoms with van der Waals surface area (Å²) in [5.74, 6) is 1.32. The minimum absolute atomic E-state index is 0.00151. The Kier molecular flexibility index (Phi) is 6.60. The fourth-order valence-electron chi connectivity index (χ4n) is 4.02. The summed E-state index contributed by atoms with van der Waals surface area (Å²) < 4.78 is 6.07. The summed E-state index contributed by atoms with van der Waals surface area (Å²) in [6.07, 6.45) is 1.33. The van der Waals surface area contributed by atoms with E-state index in [0.29, 0.717) is 19.0 Å². The van der Waals surface area contributed by atoms with E-state index in [0.717, 1.165) is 43.8 Å². The van der Waals surface area contributed by atoms with Crippen LogP contribution < -0.4 is 10.1 Å². The molecule has 28 heavy (non-hydrogen) atoms. The Labute approximate surface area is 168 Å². The number of likely N-dealkylation sites (tertiary alicyclic amines) is 1. The number of aryl methyl sites for hydroxylation is 1. The average Bonchev–Trinajstić information content (AvgIpc) is 2.69. The molecular weight excluding hydrogens is 354 g/mol. The van der Waals surface area contributed by atoms with Gasteiger partial charge in [0.2, 0.25) is 5.91 Å². The number of carbonyl (C=O) groups excluding carboxylic acids is 2. The van der Waals surface area contributed by atoms with E-state index >= 15 is 0 Å². The topological polar surface area (TPSA) is 61.9 Å². The number of piperidine rings is 1. The van der Waals surface area contributed by atoms with Crippen molar-refractivity contribution in [3.05, 3.63) is 29.3 Å². The van der Waals surface area contributed by atoms with Gasteiger partial charge in [-0.1, -0.05) is 26.0 Å². The smallest absolute Gasteiger partial charge is 0.263 e. The van der Waals surface area contributed by atoms with Crippen molar-refractivity contribution >= 4 is 11.8 Å². The molecule has 0 aliphatic carbocycles. The third-order valence-corrected chi connectivity index (χ3v) is 5.81. The standard InChI is InChI=1S/C22H33N3O3/c1-15(2)18-8-7-16(3)20(12-18)28-17(4)22(27)24-10-5-6-19(14-24)25-11-9-23-13-21(25)26/h7-8,12,15,17,19,23H,5-6,9-11,13-14H2,1-4H3. The van der Waals surface area contributed by atoms with Gasteiger partial charge in [0.1, 0.15) is 5.75 Å². The van der Waals surface area contributed by atoms with E-state index in [1.165, 1.54) is 5.56 Å². The van der Waals surface area contributed by atoms with E-state index in [1.807, 2.05) is 29.7 Å². The van der Waals surface area contributed by atoms with E-state index in [2.05, 4.69) is 31.3 Å². The highest BCUT2D eigenvalue weighted by Crippen LogP contribution is 2.26. The molecule has 0 saturated carbocycles. The number of ether oxygens (including phenoxy) is 1. The van der Waals surface area contributed by atoms with Gasteiger partial charge in [-0.05, 0) is 49.8 Å². The number of hydrogen-bond acceptors (Lipinski definition) is 4. The van der Waals surface area contributed by atoms with Crippen LogP contribution in [-0.4, -0.2) is 66.5 Å². The quantitative estimate of drug-likeness (QED) is 0.842. The fraction of sp³-hybridized carbons (Fsp3) is 0.636. The molecule has 1 aromatic rings. The molecular formula is C22H33N3O3. The fourth-order valence-corrected chi connectivity index (χ4v) is 4.02. The lowest BCUT2D eigenvalue weighted by Crippen LogP contribution is -2.58. The van der Waals surface area contributed by atoms with E-state index in [9.17, 15) is 9.59 Å². The molecule has 2 aliphatic rings. The predicted molar refractivity (Wildman–Crippen MR) is 110 cm³/mol. The molecule has 2 atom stereocenters. The Bertz CT molecular complexity index is 719. The van der Waals surface area contributed by atoms with Crippen LogP contribution >= 0.6 is 0 Å². The first-order chi connectivity index (χ1) is 13.4. The van der Waals surface area contributed by atoms with Gasteiger partial charge < -0.3 is 19.9 Å². The summed E-state index contributed by atoms with van der Waals surface area (Å²) in [6.45, 7) is 11.4. The Morgan fingerprint density at radius 3 is 2.75 bits per heavy atom. The van der Waals surface area contributed by atoms with Gasteiger partial charge in [0.15, 0.2) is 6.10 Å². The highest BCUT2D eigenvalue weighted by molar-refractivity contribution is 5.82. The average molecular weight is 388 g/mol. The van der Waals surface area contributed by atoms with Gasteiger partial charge in [0.05, 0.1) is 6.54 Å². The first-order valence-corrected chi connectivity index (χ1v) is 10.4. The molecule has 0 spiro atoms. The Hall–Kier alpha value is -2.08. The zero-order valence-corrected chi connectivity index (χ0v) is 17.5. The number of nitrogens with one attached hydrogen (secondary N) is 1. The van der Waals surface area contributed by atoms with Crippen LogP contribution in [-0.2, 0) is 9.59 Å².